The van der Waals surface area contributed by atoms with Crippen LogP contribution in [-0.2, 0) is 25.8 Å². The number of anilines is 1. The molecule has 9 nitrogen and oxygen atoms in total. The molecule has 10 heteroatoms. The van der Waals surface area contributed by atoms with Gasteiger partial charge in [-0.2, -0.15) is 0 Å². The zero-order chi connectivity index (χ0) is 25.3. The summed E-state index contributed by atoms with van der Waals surface area (Å²) in [6, 6.07) is 14.3. The summed E-state index contributed by atoms with van der Waals surface area (Å²) in [7, 11) is -1.71. The number of benzene rings is 2. The first-order valence-corrected chi connectivity index (χ1v) is 13.3. The van der Waals surface area contributed by atoms with Gasteiger partial charge in [-0.25, -0.2) is 8.42 Å². The minimum atomic E-state index is -3.50. The Bertz CT molecular complexity index is 1150. The minimum absolute atomic E-state index is 0.0318. The van der Waals surface area contributed by atoms with Crippen LogP contribution in [0.15, 0.2) is 58.4 Å². The number of likely N-dealkylation sites (N-methyl/N-ethyl adjacent to an activating group) is 1. The van der Waals surface area contributed by atoms with E-state index < -0.39 is 9.84 Å². The fourth-order valence-corrected chi connectivity index (χ4v) is 4.77. The van der Waals surface area contributed by atoms with E-state index in [2.05, 4.69) is 33.1 Å². The molecule has 0 aliphatic carbocycles. The van der Waals surface area contributed by atoms with E-state index in [0.29, 0.717) is 31.6 Å². The van der Waals surface area contributed by atoms with Crippen molar-refractivity contribution in [3.05, 3.63) is 59.7 Å². The molecule has 0 spiro atoms. The second-order valence-electron chi connectivity index (χ2n) is 8.49. The van der Waals surface area contributed by atoms with Crippen molar-refractivity contribution in [2.75, 3.05) is 44.4 Å². The highest BCUT2D eigenvalue weighted by molar-refractivity contribution is 7.91. The van der Waals surface area contributed by atoms with Gasteiger partial charge in [0, 0.05) is 44.7 Å². The zero-order valence-corrected chi connectivity index (χ0v) is 21.0. The lowest BCUT2D eigenvalue weighted by Gasteiger charge is -2.17. The SMILES string of the molecule is CC(=O)Nc1ccc(S(=O)(=O)CNCCCC(=O)N(C)CCc2ccc(C3=NCCN3)cc2)cc1. The molecule has 2 aromatic rings. The summed E-state index contributed by atoms with van der Waals surface area (Å²) in [6.45, 7) is 4.12. The van der Waals surface area contributed by atoms with Crippen LogP contribution in [0.5, 0.6) is 0 Å². The number of amidine groups is 1. The van der Waals surface area contributed by atoms with Gasteiger partial charge in [0.25, 0.3) is 0 Å². The van der Waals surface area contributed by atoms with Crippen molar-refractivity contribution >= 4 is 33.2 Å². The fourth-order valence-electron chi connectivity index (χ4n) is 3.64. The molecule has 0 saturated carbocycles. The molecule has 0 unspecified atom stereocenters. The molecular formula is C25H33N5O4S. The molecule has 3 rings (SSSR count). The number of sulfone groups is 1. The number of aliphatic imine (C=N–C) groups is 1. The Labute approximate surface area is 206 Å². The summed E-state index contributed by atoms with van der Waals surface area (Å²) >= 11 is 0. The van der Waals surface area contributed by atoms with Crippen LogP contribution in [0, 0.1) is 0 Å². The monoisotopic (exact) mass is 499 g/mol. The lowest BCUT2D eigenvalue weighted by Crippen LogP contribution is -2.30. The summed E-state index contributed by atoms with van der Waals surface area (Å²) in [6.07, 6.45) is 1.66. The van der Waals surface area contributed by atoms with Gasteiger partial charge >= 0.3 is 0 Å². The molecule has 0 aromatic heterocycles. The Balaban J connectivity index is 1.34. The second-order valence-corrected chi connectivity index (χ2v) is 10.5. The normalized spacial score (nSPS) is 13.1. The molecular weight excluding hydrogens is 466 g/mol. The van der Waals surface area contributed by atoms with Crippen molar-refractivity contribution in [3.8, 4) is 0 Å². The van der Waals surface area contributed by atoms with Crippen LogP contribution in [0.4, 0.5) is 5.69 Å². The van der Waals surface area contributed by atoms with Crippen LogP contribution in [-0.4, -0.2) is 70.1 Å². The van der Waals surface area contributed by atoms with Gasteiger partial charge < -0.3 is 20.9 Å². The van der Waals surface area contributed by atoms with Gasteiger partial charge in [-0.1, -0.05) is 24.3 Å². The van der Waals surface area contributed by atoms with E-state index >= 15 is 0 Å². The van der Waals surface area contributed by atoms with Crippen molar-refractivity contribution in [1.29, 1.82) is 0 Å². The van der Waals surface area contributed by atoms with Crippen molar-refractivity contribution in [2.24, 2.45) is 4.99 Å². The van der Waals surface area contributed by atoms with Crippen LogP contribution in [0.3, 0.4) is 0 Å². The molecule has 0 fully saturated rings. The number of nitrogens with one attached hydrogen (secondary N) is 3. The number of amides is 2. The van der Waals surface area contributed by atoms with E-state index in [9.17, 15) is 18.0 Å². The van der Waals surface area contributed by atoms with E-state index in [0.717, 1.165) is 36.5 Å². The summed E-state index contributed by atoms with van der Waals surface area (Å²) in [5, 5.41) is 8.77. The van der Waals surface area contributed by atoms with Gasteiger partial charge in [-0.3, -0.25) is 14.6 Å². The van der Waals surface area contributed by atoms with E-state index in [1.54, 1.807) is 24.1 Å². The molecule has 2 aromatic carbocycles. The Hall–Kier alpha value is -3.24. The average molecular weight is 500 g/mol. The van der Waals surface area contributed by atoms with Crippen LogP contribution >= 0.6 is 0 Å². The molecule has 1 heterocycles. The maximum atomic E-state index is 12.5. The predicted octanol–water partition coefficient (Wildman–Crippen LogP) is 1.80. The number of nitrogens with zero attached hydrogens (tertiary/aromatic N) is 2. The lowest BCUT2D eigenvalue weighted by atomic mass is 10.1. The van der Waals surface area contributed by atoms with Gasteiger partial charge in [0.05, 0.1) is 11.4 Å². The molecule has 188 valence electrons. The zero-order valence-electron chi connectivity index (χ0n) is 20.2. The van der Waals surface area contributed by atoms with Gasteiger partial charge in [-0.15, -0.1) is 0 Å². The van der Waals surface area contributed by atoms with Gasteiger partial charge in [0.1, 0.15) is 11.7 Å². The van der Waals surface area contributed by atoms with E-state index in [1.807, 2.05) is 12.1 Å². The summed E-state index contributed by atoms with van der Waals surface area (Å²) in [4.78, 5) is 29.8. The van der Waals surface area contributed by atoms with E-state index in [4.69, 9.17) is 0 Å². The Morgan fingerprint density at radius 1 is 1.09 bits per heavy atom. The Morgan fingerprint density at radius 3 is 2.43 bits per heavy atom. The van der Waals surface area contributed by atoms with Crippen molar-refractivity contribution in [1.82, 2.24) is 15.5 Å². The highest BCUT2D eigenvalue weighted by Crippen LogP contribution is 2.15. The topological polar surface area (TPSA) is 120 Å². The van der Waals surface area contributed by atoms with Crippen molar-refractivity contribution in [3.63, 3.8) is 0 Å². The predicted molar refractivity (Wildman–Crippen MR) is 137 cm³/mol. The number of hydrogen-bond donors (Lipinski definition) is 3. The van der Waals surface area contributed by atoms with E-state index in [1.165, 1.54) is 19.1 Å². The molecule has 0 saturated heterocycles. The molecule has 0 atom stereocenters. The summed E-state index contributed by atoms with van der Waals surface area (Å²) in [5.74, 6) is 0.535. The molecule has 2 amide bonds. The number of carbonyl (C=O) groups excluding carboxylic acids is 2. The van der Waals surface area contributed by atoms with Crippen LogP contribution in [0.25, 0.3) is 0 Å². The molecule has 0 radical (unpaired) electrons. The maximum Gasteiger partial charge on any atom is 0.222 e. The summed E-state index contributed by atoms with van der Waals surface area (Å²) < 4.78 is 24.9. The van der Waals surface area contributed by atoms with E-state index in [-0.39, 0.29) is 22.6 Å². The van der Waals surface area contributed by atoms with Crippen molar-refractivity contribution < 1.29 is 18.0 Å². The Kier molecular flexibility index (Phi) is 9.39. The minimum Gasteiger partial charge on any atom is -0.368 e. The molecule has 3 N–H and O–H groups in total. The quantitative estimate of drug-likeness (QED) is 0.383. The number of carbonyl (C=O) groups is 2. The first-order chi connectivity index (χ1) is 16.7. The second kappa shape index (κ2) is 12.5. The largest absolute Gasteiger partial charge is 0.368 e. The summed E-state index contributed by atoms with van der Waals surface area (Å²) in [5.41, 5.74) is 2.77. The third kappa shape index (κ3) is 8.18. The Morgan fingerprint density at radius 2 is 1.80 bits per heavy atom. The average Bonchev–Trinajstić information content (AvgIpc) is 3.37. The van der Waals surface area contributed by atoms with Crippen LogP contribution in [0.2, 0.25) is 0 Å². The standard InChI is InChI=1S/C25H33N5O4S/c1-19(31)29-22-9-11-23(12-10-22)35(33,34)18-26-14-3-4-24(32)30(2)17-13-20-5-7-21(8-6-20)25-27-15-16-28-25/h5-12,26H,3-4,13-18H2,1-2H3,(H,27,28)(H,29,31). The molecule has 1 aliphatic heterocycles. The maximum absolute atomic E-state index is 12.5. The molecule has 0 bridgehead atoms. The number of rotatable bonds is 12. The molecule has 35 heavy (non-hydrogen) atoms. The highest BCUT2D eigenvalue weighted by Gasteiger charge is 2.14. The first-order valence-electron chi connectivity index (χ1n) is 11.7. The lowest BCUT2D eigenvalue weighted by molar-refractivity contribution is -0.130. The van der Waals surface area contributed by atoms with Crippen molar-refractivity contribution in [2.45, 2.75) is 31.1 Å². The van der Waals surface area contributed by atoms with Gasteiger partial charge in [0.2, 0.25) is 11.8 Å². The third-order valence-corrected chi connectivity index (χ3v) is 7.21. The van der Waals surface area contributed by atoms with Crippen LogP contribution in [0.1, 0.15) is 30.9 Å². The first kappa shape index (κ1) is 26.4. The fraction of sp³-hybridized carbons (Fsp3) is 0.400. The van der Waals surface area contributed by atoms with Crippen LogP contribution < -0.4 is 16.0 Å². The van der Waals surface area contributed by atoms with Gasteiger partial charge in [-0.05, 0) is 49.2 Å². The van der Waals surface area contributed by atoms with Gasteiger partial charge in [0.15, 0.2) is 9.84 Å². The third-order valence-electron chi connectivity index (χ3n) is 5.63. The highest BCUT2D eigenvalue weighted by atomic mass is 32.2. The smallest absolute Gasteiger partial charge is 0.222 e. The number of hydrogen-bond acceptors (Lipinski definition) is 7. The molecule has 1 aliphatic rings.